The van der Waals surface area contributed by atoms with E-state index in [-0.39, 0.29) is 0 Å². The Morgan fingerprint density at radius 3 is 2.02 bits per heavy atom. The molecule has 0 fully saturated rings. The number of benzene rings is 7. The fraction of sp³-hybridized carbons (Fsp3) is 0. The van der Waals surface area contributed by atoms with Crippen LogP contribution in [0.2, 0.25) is 0 Å². The predicted octanol–water partition coefficient (Wildman–Crippen LogP) is 11.6. The van der Waals surface area contributed by atoms with Crippen LogP contribution < -0.4 is 0 Å². The number of hydrogen-bond donors (Lipinski definition) is 1. The minimum Gasteiger partial charge on any atom is -0.354 e. The molecule has 0 amide bonds. The Hall–Kier alpha value is -5.38. The Kier molecular flexibility index (Phi) is 4.63. The van der Waals surface area contributed by atoms with Gasteiger partial charge < -0.3 is 9.55 Å². The number of H-pyrrole nitrogens is 1. The Labute approximate surface area is 251 Å². The molecule has 0 radical (unpaired) electrons. The summed E-state index contributed by atoms with van der Waals surface area (Å²) in [7, 11) is 0. The summed E-state index contributed by atoms with van der Waals surface area (Å²) in [5.41, 5.74) is 8.47. The van der Waals surface area contributed by atoms with Crippen molar-refractivity contribution in [3.05, 3.63) is 140 Å². The molecule has 0 bridgehead atoms. The molecule has 43 heavy (non-hydrogen) atoms. The van der Waals surface area contributed by atoms with Crippen molar-refractivity contribution in [3.8, 4) is 16.8 Å². The average molecular weight is 565 g/mol. The van der Waals surface area contributed by atoms with Gasteiger partial charge in [-0.05, 0) is 59.0 Å². The van der Waals surface area contributed by atoms with E-state index in [2.05, 4.69) is 149 Å². The molecule has 0 spiro atoms. The van der Waals surface area contributed by atoms with Gasteiger partial charge in [-0.15, -0.1) is 11.3 Å². The van der Waals surface area contributed by atoms with Crippen LogP contribution in [-0.2, 0) is 0 Å². The summed E-state index contributed by atoms with van der Waals surface area (Å²) < 4.78 is 5.07. The Morgan fingerprint density at radius 2 is 1.14 bits per heavy atom. The Balaban J connectivity index is 1.23. The topological polar surface area (TPSA) is 20.7 Å². The molecule has 10 rings (SSSR count). The number of nitrogens with zero attached hydrogens (tertiary/aromatic N) is 1. The first-order chi connectivity index (χ1) is 21.3. The molecule has 3 heterocycles. The molecule has 0 aliphatic heterocycles. The fourth-order valence-corrected chi connectivity index (χ4v) is 8.51. The first-order valence-corrected chi connectivity index (χ1v) is 15.5. The van der Waals surface area contributed by atoms with Gasteiger partial charge in [0.15, 0.2) is 0 Å². The molecule has 1 N–H and O–H groups in total. The molecule has 0 aliphatic rings. The van der Waals surface area contributed by atoms with Crippen LogP contribution in [0.3, 0.4) is 0 Å². The highest BCUT2D eigenvalue weighted by atomic mass is 32.1. The molecule has 3 heteroatoms. The van der Waals surface area contributed by atoms with Crippen LogP contribution in [0, 0.1) is 0 Å². The van der Waals surface area contributed by atoms with E-state index < -0.39 is 0 Å². The van der Waals surface area contributed by atoms with Crippen LogP contribution in [-0.4, -0.2) is 9.55 Å². The molecule has 7 aromatic carbocycles. The van der Waals surface area contributed by atoms with Gasteiger partial charge in [-0.3, -0.25) is 0 Å². The summed E-state index contributed by atoms with van der Waals surface area (Å²) in [6.45, 7) is 0. The van der Waals surface area contributed by atoms with Crippen molar-refractivity contribution in [1.82, 2.24) is 9.55 Å². The van der Waals surface area contributed by atoms with Crippen LogP contribution in [0.5, 0.6) is 0 Å². The number of thiophene rings is 1. The van der Waals surface area contributed by atoms with E-state index in [1.54, 1.807) is 0 Å². The fourth-order valence-electron chi connectivity index (χ4n) is 7.23. The largest absolute Gasteiger partial charge is 0.354 e. The molecular weight excluding hydrogens is 541 g/mol. The lowest BCUT2D eigenvalue weighted by Gasteiger charge is -2.08. The van der Waals surface area contributed by atoms with Crippen LogP contribution >= 0.6 is 11.3 Å². The van der Waals surface area contributed by atoms with Gasteiger partial charge >= 0.3 is 0 Å². The molecule has 0 unspecified atom stereocenters. The van der Waals surface area contributed by atoms with Gasteiger partial charge in [-0.1, -0.05) is 97.1 Å². The summed E-state index contributed by atoms with van der Waals surface area (Å²) >= 11 is 1.91. The number of hydrogen-bond acceptors (Lipinski definition) is 1. The van der Waals surface area contributed by atoms with E-state index >= 15 is 0 Å². The van der Waals surface area contributed by atoms with Crippen LogP contribution in [0.4, 0.5) is 0 Å². The maximum absolute atomic E-state index is 3.86. The lowest BCUT2D eigenvalue weighted by molar-refractivity contribution is 1.18. The average Bonchev–Trinajstić information content (AvgIpc) is 3.74. The van der Waals surface area contributed by atoms with E-state index in [1.807, 2.05) is 11.3 Å². The van der Waals surface area contributed by atoms with Crippen molar-refractivity contribution < 1.29 is 0 Å². The zero-order valence-corrected chi connectivity index (χ0v) is 24.0. The monoisotopic (exact) mass is 564 g/mol. The first-order valence-electron chi connectivity index (χ1n) is 14.7. The molecule has 0 aliphatic carbocycles. The summed E-state index contributed by atoms with van der Waals surface area (Å²) in [5.74, 6) is 0. The number of aromatic nitrogens is 2. The maximum atomic E-state index is 3.86. The quantitative estimate of drug-likeness (QED) is 0.216. The standard InChI is InChI=1S/C40H24N2S/c1-2-10-26(11-3-1)42-34-16-8-6-12-27(34)32-22-24(19-21-35(32)42)25-18-20-30-33(23-25)41-39-29-14-5-4-13-28(29)37-31-15-7-9-17-36(31)43-40(37)38(30)39/h1-23,41H. The highest BCUT2D eigenvalue weighted by molar-refractivity contribution is 7.27. The number of aromatic amines is 1. The molecular formula is C40H24N2S. The van der Waals surface area contributed by atoms with Crippen molar-refractivity contribution in [2.24, 2.45) is 0 Å². The van der Waals surface area contributed by atoms with Gasteiger partial charge in [-0.2, -0.15) is 0 Å². The number of para-hydroxylation sites is 2. The zero-order chi connectivity index (χ0) is 28.1. The van der Waals surface area contributed by atoms with Gasteiger partial charge in [0.1, 0.15) is 0 Å². The van der Waals surface area contributed by atoms with E-state index in [9.17, 15) is 0 Å². The molecule has 3 aromatic heterocycles. The number of nitrogens with one attached hydrogen (secondary N) is 1. The second-order valence-electron chi connectivity index (χ2n) is 11.4. The highest BCUT2D eigenvalue weighted by Gasteiger charge is 2.18. The van der Waals surface area contributed by atoms with E-state index in [0.29, 0.717) is 0 Å². The second kappa shape index (κ2) is 8.57. The number of fused-ring (bicyclic) bond motifs is 13. The second-order valence-corrected chi connectivity index (χ2v) is 12.5. The van der Waals surface area contributed by atoms with E-state index in [4.69, 9.17) is 0 Å². The van der Waals surface area contributed by atoms with Gasteiger partial charge in [0.2, 0.25) is 0 Å². The molecule has 0 atom stereocenters. The SMILES string of the molecule is c1ccc(-n2c3ccccc3c3cc(-c4ccc5c(c4)[nH]c4c6ccccc6c6c7ccccc7sc6c54)ccc32)cc1. The van der Waals surface area contributed by atoms with E-state index in [0.717, 1.165) is 0 Å². The molecule has 10 aromatic rings. The van der Waals surface area contributed by atoms with Crippen molar-refractivity contribution >= 4 is 85.9 Å². The first kappa shape index (κ1) is 23.2. The lowest BCUT2D eigenvalue weighted by atomic mass is 9.98. The smallest absolute Gasteiger partial charge is 0.0559 e. The van der Waals surface area contributed by atoms with E-state index in [1.165, 1.54) is 91.4 Å². The maximum Gasteiger partial charge on any atom is 0.0559 e. The molecule has 2 nitrogen and oxygen atoms in total. The van der Waals surface area contributed by atoms with Crippen LogP contribution in [0.15, 0.2) is 140 Å². The normalized spacial score (nSPS) is 12.2. The number of rotatable bonds is 2. The summed E-state index contributed by atoms with van der Waals surface area (Å²) in [6, 6.07) is 50.9. The van der Waals surface area contributed by atoms with Crippen LogP contribution in [0.1, 0.15) is 0 Å². The van der Waals surface area contributed by atoms with Crippen molar-refractivity contribution in [1.29, 1.82) is 0 Å². The Bertz CT molecular complexity index is 2720. The zero-order valence-electron chi connectivity index (χ0n) is 23.1. The third kappa shape index (κ3) is 3.17. The van der Waals surface area contributed by atoms with Crippen molar-refractivity contribution in [2.45, 2.75) is 0 Å². The minimum atomic E-state index is 1.18. The molecule has 200 valence electrons. The van der Waals surface area contributed by atoms with Gasteiger partial charge in [0, 0.05) is 58.3 Å². The molecule has 0 saturated carbocycles. The third-order valence-corrected chi connectivity index (χ3v) is 10.3. The summed E-state index contributed by atoms with van der Waals surface area (Å²) in [4.78, 5) is 3.86. The van der Waals surface area contributed by atoms with Gasteiger partial charge in [0.05, 0.1) is 16.6 Å². The summed E-state index contributed by atoms with van der Waals surface area (Å²) in [5, 5.41) is 10.5. The predicted molar refractivity (Wildman–Crippen MR) is 186 cm³/mol. The van der Waals surface area contributed by atoms with Gasteiger partial charge in [-0.25, -0.2) is 0 Å². The third-order valence-electron chi connectivity index (χ3n) is 9.11. The van der Waals surface area contributed by atoms with Crippen molar-refractivity contribution in [3.63, 3.8) is 0 Å². The summed E-state index contributed by atoms with van der Waals surface area (Å²) in [6.07, 6.45) is 0. The lowest BCUT2D eigenvalue weighted by Crippen LogP contribution is -1.92. The minimum absolute atomic E-state index is 1.18. The highest BCUT2D eigenvalue weighted by Crippen LogP contribution is 2.46. The van der Waals surface area contributed by atoms with Gasteiger partial charge in [0.25, 0.3) is 0 Å². The Morgan fingerprint density at radius 1 is 0.465 bits per heavy atom. The van der Waals surface area contributed by atoms with Crippen molar-refractivity contribution in [2.75, 3.05) is 0 Å². The molecule has 0 saturated heterocycles. The van der Waals surface area contributed by atoms with Crippen LogP contribution in [0.25, 0.3) is 91.4 Å².